The smallest absolute Gasteiger partial charge is 0.191 e. The molecule has 0 spiro atoms. The van der Waals surface area contributed by atoms with E-state index < -0.39 is 0 Å². The Balaban J connectivity index is 0.00000529. The fourth-order valence-electron chi connectivity index (χ4n) is 1.88. The van der Waals surface area contributed by atoms with Crippen molar-refractivity contribution in [3.05, 3.63) is 35.4 Å². The second-order valence-electron chi connectivity index (χ2n) is 4.89. The molecule has 0 aliphatic carbocycles. The molecule has 0 aromatic heterocycles. The van der Waals surface area contributed by atoms with E-state index in [4.69, 9.17) is 14.7 Å². The summed E-state index contributed by atoms with van der Waals surface area (Å²) in [6.07, 6.45) is 0.901. The minimum absolute atomic E-state index is 0. The number of hydrogen-bond acceptors (Lipinski definition) is 4. The quantitative estimate of drug-likeness (QED) is 0.250. The first-order chi connectivity index (χ1) is 11.3. The van der Waals surface area contributed by atoms with Crippen LogP contribution >= 0.6 is 24.0 Å². The Hall–Kier alpha value is -1.37. The zero-order valence-electron chi connectivity index (χ0n) is 14.4. The van der Waals surface area contributed by atoms with Gasteiger partial charge in [-0.15, -0.1) is 24.0 Å². The standard InChI is InChI=1S/C17H26N4O2.HI/c1-3-19-17(20-8-5-9-23-11-10-22-2)21-14-16-7-4-6-15(12-16)13-18;/h4,6-7,12H,3,5,8-11,14H2,1-2H3,(H2,19,20,21);1H. The number of aliphatic imine (C=N–C) groups is 1. The molecule has 134 valence electrons. The summed E-state index contributed by atoms with van der Waals surface area (Å²) in [6.45, 7) is 6.10. The largest absolute Gasteiger partial charge is 0.382 e. The van der Waals surface area contributed by atoms with Crippen LogP contribution in [0.25, 0.3) is 0 Å². The topological polar surface area (TPSA) is 78.7 Å². The molecular formula is C17H27IN4O2. The Labute approximate surface area is 161 Å². The van der Waals surface area contributed by atoms with Gasteiger partial charge in [-0.05, 0) is 31.0 Å². The first-order valence-electron chi connectivity index (χ1n) is 7.88. The molecule has 6 nitrogen and oxygen atoms in total. The number of nitriles is 1. The summed E-state index contributed by atoms with van der Waals surface area (Å²) in [4.78, 5) is 4.53. The number of nitrogens with one attached hydrogen (secondary N) is 2. The van der Waals surface area contributed by atoms with E-state index in [-0.39, 0.29) is 24.0 Å². The van der Waals surface area contributed by atoms with Crippen molar-refractivity contribution in [2.24, 2.45) is 4.99 Å². The van der Waals surface area contributed by atoms with E-state index >= 15 is 0 Å². The van der Waals surface area contributed by atoms with Crippen LogP contribution in [0.4, 0.5) is 0 Å². The van der Waals surface area contributed by atoms with Crippen LogP contribution in [0.15, 0.2) is 29.3 Å². The summed E-state index contributed by atoms with van der Waals surface area (Å²) in [6, 6.07) is 9.64. The molecule has 0 saturated heterocycles. The second-order valence-corrected chi connectivity index (χ2v) is 4.89. The zero-order chi connectivity index (χ0) is 16.8. The molecule has 0 unspecified atom stereocenters. The van der Waals surface area contributed by atoms with E-state index in [2.05, 4.69) is 21.7 Å². The molecule has 0 heterocycles. The van der Waals surface area contributed by atoms with Crippen LogP contribution in [-0.2, 0) is 16.0 Å². The molecule has 0 amide bonds. The van der Waals surface area contributed by atoms with Crippen LogP contribution in [0.5, 0.6) is 0 Å². The third kappa shape index (κ3) is 10.4. The van der Waals surface area contributed by atoms with Gasteiger partial charge in [0.05, 0.1) is 31.4 Å². The molecule has 0 aliphatic rings. The summed E-state index contributed by atoms with van der Waals surface area (Å²) in [5.74, 6) is 0.770. The van der Waals surface area contributed by atoms with E-state index in [0.29, 0.717) is 31.9 Å². The lowest BCUT2D eigenvalue weighted by molar-refractivity contribution is 0.0698. The monoisotopic (exact) mass is 446 g/mol. The van der Waals surface area contributed by atoms with Gasteiger partial charge in [0.25, 0.3) is 0 Å². The van der Waals surface area contributed by atoms with Crippen LogP contribution < -0.4 is 10.6 Å². The Morgan fingerprint density at radius 1 is 1.25 bits per heavy atom. The Morgan fingerprint density at radius 2 is 2.08 bits per heavy atom. The van der Waals surface area contributed by atoms with Crippen molar-refractivity contribution in [3.63, 3.8) is 0 Å². The predicted molar refractivity (Wildman–Crippen MR) is 107 cm³/mol. The fraction of sp³-hybridized carbons (Fsp3) is 0.529. The van der Waals surface area contributed by atoms with Crippen LogP contribution in [0.3, 0.4) is 0 Å². The number of benzene rings is 1. The third-order valence-electron chi connectivity index (χ3n) is 3.01. The molecule has 0 atom stereocenters. The molecule has 7 heteroatoms. The predicted octanol–water partition coefficient (Wildman–Crippen LogP) is 2.28. The number of halogens is 1. The highest BCUT2D eigenvalue weighted by Gasteiger charge is 1.98. The molecule has 1 aromatic carbocycles. The Bertz CT molecular complexity index is 518. The van der Waals surface area contributed by atoms with E-state index in [1.807, 2.05) is 25.1 Å². The maximum absolute atomic E-state index is 8.91. The number of hydrogen-bond donors (Lipinski definition) is 2. The second kappa shape index (κ2) is 15.2. The Morgan fingerprint density at radius 3 is 2.79 bits per heavy atom. The zero-order valence-corrected chi connectivity index (χ0v) is 16.7. The maximum atomic E-state index is 8.91. The van der Waals surface area contributed by atoms with Gasteiger partial charge in [-0.25, -0.2) is 4.99 Å². The number of nitrogens with zero attached hydrogens (tertiary/aromatic N) is 2. The molecule has 0 aliphatic heterocycles. The third-order valence-corrected chi connectivity index (χ3v) is 3.01. The van der Waals surface area contributed by atoms with Crippen LogP contribution in [-0.4, -0.2) is 46.0 Å². The van der Waals surface area contributed by atoms with Gasteiger partial charge in [0.15, 0.2) is 5.96 Å². The van der Waals surface area contributed by atoms with Crippen molar-refractivity contribution in [2.45, 2.75) is 19.9 Å². The molecule has 1 rings (SSSR count). The van der Waals surface area contributed by atoms with Crippen molar-refractivity contribution in [3.8, 4) is 6.07 Å². The average molecular weight is 446 g/mol. The first kappa shape index (κ1) is 22.6. The van der Waals surface area contributed by atoms with Gasteiger partial charge in [0.2, 0.25) is 0 Å². The average Bonchev–Trinajstić information content (AvgIpc) is 2.59. The van der Waals surface area contributed by atoms with Gasteiger partial charge >= 0.3 is 0 Å². The molecule has 0 bridgehead atoms. The van der Waals surface area contributed by atoms with Crippen molar-refractivity contribution < 1.29 is 9.47 Å². The highest BCUT2D eigenvalue weighted by Crippen LogP contribution is 2.05. The fourth-order valence-corrected chi connectivity index (χ4v) is 1.88. The molecule has 0 fully saturated rings. The summed E-state index contributed by atoms with van der Waals surface area (Å²) in [7, 11) is 1.66. The summed E-state index contributed by atoms with van der Waals surface area (Å²) >= 11 is 0. The molecule has 24 heavy (non-hydrogen) atoms. The normalized spacial score (nSPS) is 10.6. The molecule has 2 N–H and O–H groups in total. The van der Waals surface area contributed by atoms with Crippen molar-refractivity contribution in [1.29, 1.82) is 5.26 Å². The highest BCUT2D eigenvalue weighted by molar-refractivity contribution is 14.0. The number of methoxy groups -OCH3 is 1. The van der Waals surface area contributed by atoms with Gasteiger partial charge in [-0.3, -0.25) is 0 Å². The lowest BCUT2D eigenvalue weighted by atomic mass is 10.1. The van der Waals surface area contributed by atoms with Crippen LogP contribution in [0.2, 0.25) is 0 Å². The van der Waals surface area contributed by atoms with E-state index in [1.165, 1.54) is 0 Å². The van der Waals surface area contributed by atoms with E-state index in [0.717, 1.165) is 31.0 Å². The molecule has 0 saturated carbocycles. The molecule has 1 aromatic rings. The van der Waals surface area contributed by atoms with Crippen molar-refractivity contribution in [1.82, 2.24) is 10.6 Å². The summed E-state index contributed by atoms with van der Waals surface area (Å²) < 4.78 is 10.3. The SMILES string of the molecule is CCNC(=NCc1cccc(C#N)c1)NCCCOCCOC.I. The summed E-state index contributed by atoms with van der Waals surface area (Å²) in [5.41, 5.74) is 1.67. The Kier molecular flexibility index (Phi) is 14.3. The maximum Gasteiger partial charge on any atom is 0.191 e. The lowest BCUT2D eigenvalue weighted by Gasteiger charge is -2.11. The summed E-state index contributed by atoms with van der Waals surface area (Å²) in [5, 5.41) is 15.4. The first-order valence-corrected chi connectivity index (χ1v) is 7.88. The lowest BCUT2D eigenvalue weighted by Crippen LogP contribution is -2.38. The minimum Gasteiger partial charge on any atom is -0.382 e. The van der Waals surface area contributed by atoms with Gasteiger partial charge in [-0.1, -0.05) is 12.1 Å². The van der Waals surface area contributed by atoms with Gasteiger partial charge in [0.1, 0.15) is 0 Å². The molecule has 0 radical (unpaired) electrons. The minimum atomic E-state index is 0. The highest BCUT2D eigenvalue weighted by atomic mass is 127. The molecular weight excluding hydrogens is 419 g/mol. The number of guanidine groups is 1. The van der Waals surface area contributed by atoms with Crippen LogP contribution in [0.1, 0.15) is 24.5 Å². The van der Waals surface area contributed by atoms with Gasteiger partial charge in [0, 0.05) is 26.8 Å². The van der Waals surface area contributed by atoms with Crippen LogP contribution in [0, 0.1) is 11.3 Å². The van der Waals surface area contributed by atoms with Crippen molar-refractivity contribution in [2.75, 3.05) is 40.0 Å². The van der Waals surface area contributed by atoms with Gasteiger partial charge < -0.3 is 20.1 Å². The van der Waals surface area contributed by atoms with E-state index in [9.17, 15) is 0 Å². The van der Waals surface area contributed by atoms with E-state index in [1.54, 1.807) is 13.2 Å². The number of ether oxygens (including phenoxy) is 2. The van der Waals surface area contributed by atoms with Crippen molar-refractivity contribution >= 4 is 29.9 Å². The van der Waals surface area contributed by atoms with Gasteiger partial charge in [-0.2, -0.15) is 5.26 Å². The number of rotatable bonds is 10.